The van der Waals surface area contributed by atoms with Crippen LogP contribution in [0.5, 0.6) is 0 Å². The van der Waals surface area contributed by atoms with Gasteiger partial charge in [0.2, 0.25) is 5.95 Å². The Labute approximate surface area is 180 Å². The Balaban J connectivity index is 1.34. The topological polar surface area (TPSA) is 87.1 Å². The molecule has 1 fully saturated rings. The van der Waals surface area contributed by atoms with Crippen molar-refractivity contribution < 1.29 is 4.79 Å². The van der Waals surface area contributed by atoms with E-state index in [1.165, 1.54) is 11.3 Å². The third-order valence-corrected chi connectivity index (χ3v) is 6.39. The van der Waals surface area contributed by atoms with E-state index in [9.17, 15) is 9.59 Å². The second-order valence-electron chi connectivity index (χ2n) is 8.29. The molecule has 2 aromatic heterocycles. The summed E-state index contributed by atoms with van der Waals surface area (Å²) in [6.45, 7) is 6.86. The molecule has 1 amide bonds. The molecule has 3 heterocycles. The molecule has 2 aliphatic rings. The first-order valence-corrected chi connectivity index (χ1v) is 10.8. The first-order valence-electron chi connectivity index (χ1n) is 10.8. The smallest absolute Gasteiger partial charge is 0.257 e. The van der Waals surface area contributed by atoms with E-state index in [0.29, 0.717) is 30.3 Å². The number of amides is 1. The second-order valence-corrected chi connectivity index (χ2v) is 8.29. The van der Waals surface area contributed by atoms with Crippen LogP contribution < -0.4 is 10.5 Å². The monoisotopic (exact) mass is 418 g/mol. The van der Waals surface area contributed by atoms with E-state index in [0.717, 1.165) is 43.6 Å². The van der Waals surface area contributed by atoms with Gasteiger partial charge < -0.3 is 9.80 Å². The maximum absolute atomic E-state index is 13.2. The van der Waals surface area contributed by atoms with Crippen molar-refractivity contribution in [3.8, 4) is 5.95 Å². The van der Waals surface area contributed by atoms with Gasteiger partial charge in [-0.1, -0.05) is 18.2 Å². The van der Waals surface area contributed by atoms with Crippen LogP contribution in [0.25, 0.3) is 5.95 Å². The maximum atomic E-state index is 13.2. The molecule has 0 radical (unpaired) electrons. The average Bonchev–Trinajstić information content (AvgIpc) is 3.40. The Morgan fingerprint density at radius 3 is 2.61 bits per heavy atom. The van der Waals surface area contributed by atoms with Crippen molar-refractivity contribution in [3.63, 3.8) is 0 Å². The molecule has 3 aromatic rings. The van der Waals surface area contributed by atoms with Gasteiger partial charge in [0.25, 0.3) is 11.5 Å². The molecule has 1 saturated heterocycles. The predicted octanol–water partition coefficient (Wildman–Crippen LogP) is 2.02. The fraction of sp³-hybridized carbons (Fsp3) is 0.391. The number of H-pyrrole nitrogens is 1. The lowest BCUT2D eigenvalue weighted by molar-refractivity contribution is 0.0746. The van der Waals surface area contributed by atoms with E-state index in [2.05, 4.69) is 45.1 Å². The molecular formula is C23H26N6O2. The highest BCUT2D eigenvalue weighted by Crippen LogP contribution is 2.22. The number of fused-ring (bicyclic) bond motifs is 1. The average molecular weight is 419 g/mol. The molecule has 8 nitrogen and oxygen atoms in total. The van der Waals surface area contributed by atoms with Gasteiger partial charge in [-0.05, 0) is 44.7 Å². The summed E-state index contributed by atoms with van der Waals surface area (Å²) >= 11 is 0. The first kappa shape index (κ1) is 19.5. The summed E-state index contributed by atoms with van der Waals surface area (Å²) in [5.41, 5.74) is 5.22. The van der Waals surface area contributed by atoms with E-state index in [-0.39, 0.29) is 11.5 Å². The molecule has 0 saturated carbocycles. The van der Waals surface area contributed by atoms with Crippen molar-refractivity contribution in [1.29, 1.82) is 0 Å². The summed E-state index contributed by atoms with van der Waals surface area (Å²) in [5, 5.41) is 4.37. The summed E-state index contributed by atoms with van der Waals surface area (Å²) < 4.78 is 1.57. The Morgan fingerprint density at radius 2 is 1.84 bits per heavy atom. The minimum Gasteiger partial charge on any atom is -0.368 e. The Hall–Kier alpha value is -3.42. The van der Waals surface area contributed by atoms with Crippen LogP contribution in [0.4, 0.5) is 5.69 Å². The van der Waals surface area contributed by atoms with Crippen molar-refractivity contribution in [2.75, 3.05) is 31.1 Å². The lowest BCUT2D eigenvalue weighted by Gasteiger charge is -2.36. The van der Waals surface area contributed by atoms with Crippen molar-refractivity contribution >= 4 is 11.6 Å². The molecule has 1 N–H and O–H groups in total. The van der Waals surface area contributed by atoms with Gasteiger partial charge in [0.05, 0.1) is 23.1 Å². The quantitative estimate of drug-likeness (QED) is 0.703. The van der Waals surface area contributed by atoms with Crippen LogP contribution in [0.15, 0.2) is 35.3 Å². The van der Waals surface area contributed by atoms with Crippen molar-refractivity contribution in [2.45, 2.75) is 33.1 Å². The zero-order valence-electron chi connectivity index (χ0n) is 17.9. The van der Waals surface area contributed by atoms with Gasteiger partial charge in [-0.25, -0.2) is 9.67 Å². The van der Waals surface area contributed by atoms with Gasteiger partial charge in [0.15, 0.2) is 0 Å². The minimum atomic E-state index is -0.104. The number of hydrogen-bond acceptors (Lipinski definition) is 5. The zero-order valence-corrected chi connectivity index (χ0v) is 17.9. The van der Waals surface area contributed by atoms with E-state index < -0.39 is 0 Å². The van der Waals surface area contributed by atoms with E-state index in [4.69, 9.17) is 0 Å². The summed E-state index contributed by atoms with van der Waals surface area (Å²) in [4.78, 5) is 37.2. The van der Waals surface area contributed by atoms with Crippen molar-refractivity contribution in [1.82, 2.24) is 24.6 Å². The van der Waals surface area contributed by atoms with Crippen LogP contribution >= 0.6 is 0 Å². The summed E-state index contributed by atoms with van der Waals surface area (Å²) in [6, 6.07) is 8.34. The molecule has 0 unspecified atom stereocenters. The molecule has 1 aliphatic carbocycles. The lowest BCUT2D eigenvalue weighted by atomic mass is 10.1. The number of piperazine rings is 1. The SMILES string of the molecule is Cc1ccccc1N1CCN(C(=O)c2cnn(-c3nc4c(c(=O)[nH]3)CCC4)c2C)CC1. The highest BCUT2D eigenvalue weighted by atomic mass is 16.2. The maximum Gasteiger partial charge on any atom is 0.257 e. The van der Waals surface area contributed by atoms with Gasteiger partial charge in [-0.15, -0.1) is 0 Å². The van der Waals surface area contributed by atoms with Crippen LogP contribution in [0.1, 0.15) is 39.3 Å². The molecule has 1 aromatic carbocycles. The van der Waals surface area contributed by atoms with Crippen LogP contribution in [0.2, 0.25) is 0 Å². The Kier molecular flexibility index (Phi) is 4.84. The van der Waals surface area contributed by atoms with Crippen LogP contribution in [-0.2, 0) is 12.8 Å². The van der Waals surface area contributed by atoms with E-state index in [1.807, 2.05) is 17.9 Å². The summed E-state index contributed by atoms with van der Waals surface area (Å²) in [6.07, 6.45) is 4.11. The summed E-state index contributed by atoms with van der Waals surface area (Å²) in [5.74, 6) is 0.350. The molecule has 0 atom stereocenters. The number of carbonyl (C=O) groups is 1. The van der Waals surface area contributed by atoms with E-state index in [1.54, 1.807) is 10.9 Å². The minimum absolute atomic E-state index is 0.0308. The third kappa shape index (κ3) is 3.41. The number of para-hydroxylation sites is 1. The number of benzene rings is 1. The number of rotatable bonds is 3. The lowest BCUT2D eigenvalue weighted by Crippen LogP contribution is -2.49. The predicted molar refractivity (Wildman–Crippen MR) is 118 cm³/mol. The number of nitrogens with one attached hydrogen (secondary N) is 1. The third-order valence-electron chi connectivity index (χ3n) is 6.39. The van der Waals surface area contributed by atoms with Gasteiger partial charge in [0, 0.05) is 37.4 Å². The van der Waals surface area contributed by atoms with Crippen molar-refractivity contribution in [2.24, 2.45) is 0 Å². The number of nitrogens with zero attached hydrogens (tertiary/aromatic N) is 5. The Morgan fingerprint density at radius 1 is 1.06 bits per heavy atom. The van der Waals surface area contributed by atoms with Gasteiger partial charge in [-0.3, -0.25) is 14.6 Å². The number of aromatic nitrogens is 4. The standard InChI is InChI=1S/C23H26N6O2/c1-15-6-3-4-9-20(15)27-10-12-28(13-11-27)22(31)18-14-24-29(16(18)2)23-25-19-8-5-7-17(19)21(30)26-23/h3-4,6,9,14H,5,7-8,10-13H2,1-2H3,(H,25,26,30). The molecule has 0 spiro atoms. The van der Waals surface area contributed by atoms with E-state index >= 15 is 0 Å². The highest BCUT2D eigenvalue weighted by molar-refractivity contribution is 5.95. The number of carbonyl (C=O) groups excluding carboxylic acids is 1. The van der Waals surface area contributed by atoms with Gasteiger partial charge >= 0.3 is 0 Å². The van der Waals surface area contributed by atoms with Gasteiger partial charge in [-0.2, -0.15) is 5.10 Å². The molecule has 160 valence electrons. The second kappa shape index (κ2) is 7.68. The molecule has 31 heavy (non-hydrogen) atoms. The number of aromatic amines is 1. The van der Waals surface area contributed by atoms with Crippen LogP contribution in [0, 0.1) is 13.8 Å². The number of hydrogen-bond donors (Lipinski definition) is 1. The van der Waals surface area contributed by atoms with Gasteiger partial charge in [0.1, 0.15) is 0 Å². The fourth-order valence-corrected chi connectivity index (χ4v) is 4.60. The molecular weight excluding hydrogens is 392 g/mol. The van der Waals surface area contributed by atoms with Crippen LogP contribution in [-0.4, -0.2) is 56.7 Å². The number of aryl methyl sites for hydroxylation is 2. The fourth-order valence-electron chi connectivity index (χ4n) is 4.60. The highest BCUT2D eigenvalue weighted by Gasteiger charge is 2.26. The molecule has 5 rings (SSSR count). The molecule has 0 bridgehead atoms. The summed E-state index contributed by atoms with van der Waals surface area (Å²) in [7, 11) is 0. The zero-order chi connectivity index (χ0) is 21.5. The molecule has 1 aliphatic heterocycles. The molecule has 8 heteroatoms. The van der Waals surface area contributed by atoms with Crippen molar-refractivity contribution in [3.05, 3.63) is 68.9 Å². The number of anilines is 1. The Bertz CT molecular complexity index is 1200. The largest absolute Gasteiger partial charge is 0.368 e. The normalized spacial score (nSPS) is 15.9. The van der Waals surface area contributed by atoms with Crippen LogP contribution in [0.3, 0.4) is 0 Å². The first-order chi connectivity index (χ1) is 15.0.